The number of oxazole rings is 1. The van der Waals surface area contributed by atoms with Crippen LogP contribution in [0, 0.1) is 24.2 Å². The second-order valence-electron chi connectivity index (χ2n) is 10.0. The van der Waals surface area contributed by atoms with E-state index < -0.39 is 35.6 Å². The fourth-order valence-corrected chi connectivity index (χ4v) is 4.09. The largest absolute Gasteiger partial charge is 0.457 e. The maximum atomic E-state index is 13.1. The highest BCUT2D eigenvalue weighted by atomic mass is 16.5. The molecule has 7 nitrogen and oxygen atoms in total. The minimum absolute atomic E-state index is 0.141. The number of aromatic nitrogens is 1. The number of cyclic esters (lactones) is 1. The lowest BCUT2D eigenvalue weighted by atomic mass is 9.73. The fourth-order valence-electron chi connectivity index (χ4n) is 4.09. The van der Waals surface area contributed by atoms with E-state index in [2.05, 4.69) is 4.98 Å². The number of Topliss-reactive ketones (excluding diaryl/α,β-unsaturated/α-hetero) is 1. The second-order valence-corrected chi connectivity index (χ2v) is 10.0. The second kappa shape index (κ2) is 11.8. The van der Waals surface area contributed by atoms with Crippen LogP contribution in [0.3, 0.4) is 0 Å². The Morgan fingerprint density at radius 1 is 1.18 bits per heavy atom. The van der Waals surface area contributed by atoms with Gasteiger partial charge < -0.3 is 19.4 Å². The van der Waals surface area contributed by atoms with Crippen molar-refractivity contribution in [2.75, 3.05) is 0 Å². The minimum Gasteiger partial charge on any atom is -0.457 e. The van der Waals surface area contributed by atoms with Crippen molar-refractivity contribution in [3.63, 3.8) is 0 Å². The summed E-state index contributed by atoms with van der Waals surface area (Å²) in [4.78, 5) is 30.2. The van der Waals surface area contributed by atoms with Gasteiger partial charge in [-0.1, -0.05) is 51.5 Å². The van der Waals surface area contributed by atoms with Crippen LogP contribution in [-0.4, -0.2) is 45.3 Å². The van der Waals surface area contributed by atoms with Crippen molar-refractivity contribution in [2.45, 2.75) is 86.0 Å². The van der Waals surface area contributed by atoms with Gasteiger partial charge in [-0.25, -0.2) is 4.98 Å². The number of ether oxygens (including phenoxy) is 1. The number of hydrogen-bond acceptors (Lipinski definition) is 7. The number of aliphatic hydroxyl groups excluding tert-OH is 2. The molecular weight excluding hydrogens is 434 g/mol. The van der Waals surface area contributed by atoms with E-state index in [1.807, 2.05) is 39.0 Å². The number of nitrogens with zero attached hydrogens (tertiary/aromatic N) is 1. The first kappa shape index (κ1) is 27.7. The Morgan fingerprint density at radius 2 is 1.85 bits per heavy atom. The summed E-state index contributed by atoms with van der Waals surface area (Å²) in [6, 6.07) is 0. The molecule has 1 aliphatic rings. The standard InChI is InChI=1S/C27H39NO6/c1-16-9-8-10-17(2)25(31)19(4)26(32)27(6,7)23(29)14-24(30)34-22(12-11-16)18(3)13-21-15-33-20(5)28-21/h8-9,11,13,15,17,19,22-23,25,29,31H,10,12,14H2,1-7H3/b9-8+,16-11-,18-13+/t17?,19-,22+,23+,25+/m1/s1. The lowest BCUT2D eigenvalue weighted by molar-refractivity contribution is -0.154. The minimum atomic E-state index is -1.24. The summed E-state index contributed by atoms with van der Waals surface area (Å²) in [5, 5.41) is 21.5. The Balaban J connectivity index is 2.38. The summed E-state index contributed by atoms with van der Waals surface area (Å²) in [5.74, 6) is -1.17. The Bertz CT molecular complexity index is 954. The Kier molecular flexibility index (Phi) is 9.59. The van der Waals surface area contributed by atoms with Gasteiger partial charge in [0.05, 0.1) is 24.0 Å². The molecule has 0 bridgehead atoms. The third kappa shape index (κ3) is 7.24. The third-order valence-electron chi connectivity index (χ3n) is 6.67. The van der Waals surface area contributed by atoms with Crippen molar-refractivity contribution >= 4 is 17.8 Å². The topological polar surface area (TPSA) is 110 Å². The first-order chi connectivity index (χ1) is 15.8. The van der Waals surface area contributed by atoms with Crippen LogP contribution < -0.4 is 0 Å². The summed E-state index contributed by atoms with van der Waals surface area (Å²) in [6.45, 7) is 12.3. The average molecular weight is 474 g/mol. The quantitative estimate of drug-likeness (QED) is 0.605. The van der Waals surface area contributed by atoms with Gasteiger partial charge in [-0.2, -0.15) is 0 Å². The van der Waals surface area contributed by atoms with E-state index >= 15 is 0 Å². The van der Waals surface area contributed by atoms with Crippen LogP contribution in [0.25, 0.3) is 6.08 Å². The van der Waals surface area contributed by atoms with Gasteiger partial charge in [0, 0.05) is 19.3 Å². The zero-order valence-electron chi connectivity index (χ0n) is 21.4. The zero-order valence-corrected chi connectivity index (χ0v) is 21.4. The number of esters is 1. The number of ketones is 1. The molecule has 0 aliphatic carbocycles. The predicted octanol–water partition coefficient (Wildman–Crippen LogP) is 4.57. The van der Waals surface area contributed by atoms with Gasteiger partial charge in [-0.15, -0.1) is 0 Å². The number of allylic oxidation sites excluding steroid dienone is 3. The van der Waals surface area contributed by atoms with Gasteiger partial charge >= 0.3 is 5.97 Å². The maximum absolute atomic E-state index is 13.1. The van der Waals surface area contributed by atoms with Crippen LogP contribution in [0.1, 0.15) is 72.4 Å². The van der Waals surface area contributed by atoms with E-state index in [1.54, 1.807) is 33.8 Å². The molecule has 2 rings (SSSR count). The molecule has 0 fully saturated rings. The molecule has 0 radical (unpaired) electrons. The maximum Gasteiger partial charge on any atom is 0.309 e. The fraction of sp³-hybridized carbons (Fsp3) is 0.593. The molecule has 2 N–H and O–H groups in total. The lowest BCUT2D eigenvalue weighted by Crippen LogP contribution is -2.45. The van der Waals surface area contributed by atoms with Crippen molar-refractivity contribution in [1.82, 2.24) is 4.98 Å². The molecule has 0 saturated heterocycles. The van der Waals surface area contributed by atoms with Crippen LogP contribution in [0.4, 0.5) is 0 Å². The van der Waals surface area contributed by atoms with Gasteiger partial charge in [0.1, 0.15) is 23.8 Å². The van der Waals surface area contributed by atoms with Gasteiger partial charge in [0.15, 0.2) is 5.89 Å². The molecule has 0 amide bonds. The summed E-state index contributed by atoms with van der Waals surface area (Å²) < 4.78 is 11.0. The molecule has 1 aliphatic heterocycles. The van der Waals surface area contributed by atoms with Crippen molar-refractivity contribution < 1.29 is 29.0 Å². The number of rotatable bonds is 2. The molecule has 0 aromatic carbocycles. The molecule has 7 heteroatoms. The van der Waals surface area contributed by atoms with Crippen molar-refractivity contribution in [1.29, 1.82) is 0 Å². The van der Waals surface area contributed by atoms with Crippen LogP contribution in [0.15, 0.2) is 40.1 Å². The van der Waals surface area contributed by atoms with Gasteiger partial charge in [0.2, 0.25) is 0 Å². The molecule has 2 heterocycles. The number of carbonyl (C=O) groups is 2. The summed E-state index contributed by atoms with van der Waals surface area (Å²) in [7, 11) is 0. The number of hydrogen-bond donors (Lipinski definition) is 2. The van der Waals surface area contributed by atoms with E-state index in [4.69, 9.17) is 9.15 Å². The first-order valence-electron chi connectivity index (χ1n) is 11.9. The van der Waals surface area contributed by atoms with Crippen LogP contribution >= 0.6 is 0 Å². The number of aryl methyl sites for hydroxylation is 1. The molecule has 0 saturated carbocycles. The normalized spacial score (nSPS) is 32.6. The lowest BCUT2D eigenvalue weighted by Gasteiger charge is -2.34. The van der Waals surface area contributed by atoms with Crippen LogP contribution in [0.5, 0.6) is 0 Å². The highest BCUT2D eigenvalue weighted by Crippen LogP contribution is 2.32. The molecule has 5 atom stereocenters. The predicted molar refractivity (Wildman–Crippen MR) is 131 cm³/mol. The Hall–Kier alpha value is -2.51. The van der Waals surface area contributed by atoms with E-state index in [0.717, 1.165) is 11.1 Å². The molecular formula is C27H39NO6. The van der Waals surface area contributed by atoms with Crippen molar-refractivity contribution in [3.8, 4) is 0 Å². The van der Waals surface area contributed by atoms with Crippen molar-refractivity contribution in [3.05, 3.63) is 47.2 Å². The molecule has 1 unspecified atom stereocenters. The average Bonchev–Trinajstić information content (AvgIpc) is 3.18. The zero-order chi connectivity index (χ0) is 25.6. The van der Waals surface area contributed by atoms with E-state index in [0.29, 0.717) is 24.4 Å². The molecule has 1 aromatic heterocycles. The SMILES string of the molecule is CC1=C/C[C@@H](/C(C)=C/c2coc(C)n2)OC(=O)C[C@H](O)C(C)(C)C(=O)[C@H](C)[C@@H](O)C(C)C\C=C\1. The van der Waals surface area contributed by atoms with E-state index in [-0.39, 0.29) is 18.1 Å². The Labute approximate surface area is 202 Å². The number of aliphatic hydroxyl groups is 2. The van der Waals surface area contributed by atoms with Crippen LogP contribution in [-0.2, 0) is 14.3 Å². The molecule has 34 heavy (non-hydrogen) atoms. The smallest absolute Gasteiger partial charge is 0.309 e. The van der Waals surface area contributed by atoms with Gasteiger partial charge in [0.25, 0.3) is 0 Å². The van der Waals surface area contributed by atoms with Crippen LogP contribution in [0.2, 0.25) is 0 Å². The molecule has 0 spiro atoms. The monoisotopic (exact) mass is 473 g/mol. The highest BCUT2D eigenvalue weighted by Gasteiger charge is 2.42. The number of carbonyl (C=O) groups excluding carboxylic acids is 2. The first-order valence-corrected chi connectivity index (χ1v) is 11.9. The summed E-state index contributed by atoms with van der Waals surface area (Å²) in [6.07, 6.45) is 7.33. The summed E-state index contributed by atoms with van der Waals surface area (Å²) in [5.41, 5.74) is 1.18. The van der Waals surface area contributed by atoms with Gasteiger partial charge in [-0.3, -0.25) is 9.59 Å². The van der Waals surface area contributed by atoms with E-state index in [1.165, 1.54) is 6.26 Å². The van der Waals surface area contributed by atoms with Crippen molar-refractivity contribution in [2.24, 2.45) is 17.3 Å². The van der Waals surface area contributed by atoms with E-state index in [9.17, 15) is 19.8 Å². The van der Waals surface area contributed by atoms with Gasteiger partial charge in [-0.05, 0) is 37.8 Å². The molecule has 188 valence electrons. The summed E-state index contributed by atoms with van der Waals surface area (Å²) >= 11 is 0. The Morgan fingerprint density at radius 3 is 2.47 bits per heavy atom. The third-order valence-corrected chi connectivity index (χ3v) is 6.67. The molecule has 1 aromatic rings. The highest BCUT2D eigenvalue weighted by molar-refractivity contribution is 5.88.